The number of hydrogen-bond donors (Lipinski definition) is 2. The lowest BCUT2D eigenvalue weighted by atomic mass is 10.1. The van der Waals surface area contributed by atoms with Gasteiger partial charge in [-0.15, -0.1) is 0 Å². The third kappa shape index (κ3) is 6.90. The summed E-state index contributed by atoms with van der Waals surface area (Å²) in [5, 5.41) is 2.82. The summed E-state index contributed by atoms with van der Waals surface area (Å²) in [7, 11) is 0. The van der Waals surface area contributed by atoms with Gasteiger partial charge in [0.25, 0.3) is 0 Å². The van der Waals surface area contributed by atoms with E-state index >= 15 is 0 Å². The first kappa shape index (κ1) is 12.8. The molecule has 13 heavy (non-hydrogen) atoms. The molecule has 78 valence electrons. The quantitative estimate of drug-likeness (QED) is 0.674. The van der Waals surface area contributed by atoms with Crippen LogP contribution in [-0.4, -0.2) is 30.5 Å². The van der Waals surface area contributed by atoms with Crippen LogP contribution in [0.15, 0.2) is 0 Å². The summed E-state index contributed by atoms with van der Waals surface area (Å²) in [6.45, 7) is 4.70. The zero-order valence-electron chi connectivity index (χ0n) is 8.67. The monoisotopic (exact) mass is 204 g/mol. The Hall–Kier alpha value is -0.220. The largest absolute Gasteiger partial charge is 0.355 e. The van der Waals surface area contributed by atoms with Crippen LogP contribution >= 0.6 is 11.8 Å². The molecule has 0 aromatic rings. The van der Waals surface area contributed by atoms with E-state index in [1.54, 1.807) is 11.8 Å². The van der Waals surface area contributed by atoms with Gasteiger partial charge in [-0.1, -0.05) is 13.8 Å². The summed E-state index contributed by atoms with van der Waals surface area (Å²) in [5.74, 6) is 1.40. The van der Waals surface area contributed by atoms with E-state index in [0.717, 1.165) is 5.75 Å². The average molecular weight is 204 g/mol. The molecule has 0 aliphatic heterocycles. The molecule has 1 unspecified atom stereocenters. The highest BCUT2D eigenvalue weighted by Crippen LogP contribution is 1.97. The number of nitrogens with one attached hydrogen (secondary N) is 1. The number of carbonyl (C=O) groups is 1. The zero-order valence-corrected chi connectivity index (χ0v) is 9.49. The van der Waals surface area contributed by atoms with Gasteiger partial charge in [-0.05, 0) is 12.2 Å². The van der Waals surface area contributed by atoms with Gasteiger partial charge in [-0.2, -0.15) is 11.8 Å². The Balaban J connectivity index is 3.46. The second kappa shape index (κ2) is 7.21. The molecule has 0 bridgehead atoms. The number of carbonyl (C=O) groups excluding carboxylic acids is 1. The number of rotatable bonds is 6. The van der Waals surface area contributed by atoms with Crippen LogP contribution in [0.3, 0.4) is 0 Å². The highest BCUT2D eigenvalue weighted by Gasteiger charge is 2.08. The van der Waals surface area contributed by atoms with Crippen LogP contribution in [0.4, 0.5) is 0 Å². The predicted molar refractivity (Wildman–Crippen MR) is 58.8 cm³/mol. The third-order valence-corrected chi connectivity index (χ3v) is 2.54. The van der Waals surface area contributed by atoms with Gasteiger partial charge in [-0.25, -0.2) is 0 Å². The summed E-state index contributed by atoms with van der Waals surface area (Å²) < 4.78 is 0. The fourth-order valence-electron chi connectivity index (χ4n) is 0.751. The Kier molecular flexibility index (Phi) is 7.09. The second-order valence-corrected chi connectivity index (χ2v) is 4.44. The lowest BCUT2D eigenvalue weighted by Gasteiger charge is -2.15. The van der Waals surface area contributed by atoms with E-state index in [1.165, 1.54) is 0 Å². The van der Waals surface area contributed by atoms with E-state index in [1.807, 2.05) is 6.26 Å². The lowest BCUT2D eigenvalue weighted by Crippen LogP contribution is -2.40. The van der Waals surface area contributed by atoms with Crippen molar-refractivity contribution in [3.63, 3.8) is 0 Å². The lowest BCUT2D eigenvalue weighted by molar-refractivity contribution is -0.120. The normalized spacial score (nSPS) is 13.0. The Morgan fingerprint density at radius 1 is 1.54 bits per heavy atom. The number of nitrogens with two attached hydrogens (primary N) is 1. The molecule has 0 aliphatic carbocycles. The van der Waals surface area contributed by atoms with E-state index < -0.39 is 0 Å². The Morgan fingerprint density at radius 2 is 2.15 bits per heavy atom. The van der Waals surface area contributed by atoms with Gasteiger partial charge in [0.2, 0.25) is 5.91 Å². The van der Waals surface area contributed by atoms with Crippen LogP contribution in [0.2, 0.25) is 0 Å². The smallest absolute Gasteiger partial charge is 0.220 e. The highest BCUT2D eigenvalue weighted by atomic mass is 32.2. The molecule has 3 nitrogen and oxygen atoms in total. The first-order valence-electron chi connectivity index (χ1n) is 4.59. The molecule has 1 atom stereocenters. The van der Waals surface area contributed by atoms with Crippen LogP contribution in [0.1, 0.15) is 20.3 Å². The van der Waals surface area contributed by atoms with E-state index in [0.29, 0.717) is 18.9 Å². The van der Waals surface area contributed by atoms with Crippen molar-refractivity contribution in [3.8, 4) is 0 Å². The summed E-state index contributed by atoms with van der Waals surface area (Å²) in [5.41, 5.74) is 5.77. The average Bonchev–Trinajstić information content (AvgIpc) is 2.10. The molecule has 0 heterocycles. The molecule has 4 heteroatoms. The number of hydrogen-bond acceptors (Lipinski definition) is 3. The van der Waals surface area contributed by atoms with Crippen molar-refractivity contribution in [2.45, 2.75) is 26.3 Å². The summed E-state index contributed by atoms with van der Waals surface area (Å²) in [4.78, 5) is 11.1. The van der Waals surface area contributed by atoms with Crippen LogP contribution in [0.5, 0.6) is 0 Å². The summed E-state index contributed by atoms with van der Waals surface area (Å²) in [6, 6.07) is 0.0678. The molecule has 0 aliphatic rings. The fraction of sp³-hybridized carbons (Fsp3) is 0.889. The molecule has 0 aromatic heterocycles. The number of amides is 1. The van der Waals surface area contributed by atoms with E-state index in [4.69, 9.17) is 5.73 Å². The zero-order chi connectivity index (χ0) is 10.3. The fourth-order valence-corrected chi connectivity index (χ4v) is 1.14. The van der Waals surface area contributed by atoms with Crippen molar-refractivity contribution in [1.29, 1.82) is 0 Å². The Bertz CT molecular complexity index is 151. The Labute approximate surface area is 84.8 Å². The molecule has 0 aromatic carbocycles. The van der Waals surface area contributed by atoms with Crippen LogP contribution in [0, 0.1) is 5.92 Å². The van der Waals surface area contributed by atoms with Crippen molar-refractivity contribution < 1.29 is 4.79 Å². The van der Waals surface area contributed by atoms with Crippen molar-refractivity contribution in [1.82, 2.24) is 5.32 Å². The minimum absolute atomic E-state index is 0.0678. The maximum atomic E-state index is 11.1. The van der Waals surface area contributed by atoms with Gasteiger partial charge >= 0.3 is 0 Å². The highest BCUT2D eigenvalue weighted by molar-refractivity contribution is 7.98. The number of thioether (sulfide) groups is 1. The summed E-state index contributed by atoms with van der Waals surface area (Å²) >= 11 is 1.68. The van der Waals surface area contributed by atoms with Crippen molar-refractivity contribution in [3.05, 3.63) is 0 Å². The van der Waals surface area contributed by atoms with Gasteiger partial charge in [-0.3, -0.25) is 4.79 Å². The third-order valence-electron chi connectivity index (χ3n) is 1.92. The maximum absolute atomic E-state index is 11.1. The predicted octanol–water partition coefficient (Wildman–Crippen LogP) is 0.839. The molecule has 0 radical (unpaired) electrons. The molecule has 0 fully saturated rings. The molecule has 1 amide bonds. The van der Waals surface area contributed by atoms with E-state index in [2.05, 4.69) is 19.2 Å². The second-order valence-electron chi connectivity index (χ2n) is 3.45. The van der Waals surface area contributed by atoms with Crippen molar-refractivity contribution in [2.75, 3.05) is 18.6 Å². The molecule has 0 rings (SSSR count). The SMILES string of the molecule is CSCCC(=O)NCC(N)C(C)C. The van der Waals surface area contributed by atoms with Crippen LogP contribution < -0.4 is 11.1 Å². The molecular weight excluding hydrogens is 184 g/mol. The minimum Gasteiger partial charge on any atom is -0.355 e. The van der Waals surface area contributed by atoms with Crippen LogP contribution in [-0.2, 0) is 4.79 Å². The summed E-state index contributed by atoms with van der Waals surface area (Å²) in [6.07, 6.45) is 2.58. The minimum atomic E-state index is 0.0678. The first-order chi connectivity index (χ1) is 6.07. The molecular formula is C9H20N2OS. The van der Waals surface area contributed by atoms with Gasteiger partial charge in [0.15, 0.2) is 0 Å². The van der Waals surface area contributed by atoms with Gasteiger partial charge in [0.1, 0.15) is 0 Å². The maximum Gasteiger partial charge on any atom is 0.220 e. The Morgan fingerprint density at radius 3 is 2.62 bits per heavy atom. The molecule has 0 spiro atoms. The van der Waals surface area contributed by atoms with Crippen LogP contribution in [0.25, 0.3) is 0 Å². The van der Waals surface area contributed by atoms with E-state index in [-0.39, 0.29) is 11.9 Å². The molecule has 0 saturated heterocycles. The van der Waals surface area contributed by atoms with Gasteiger partial charge in [0.05, 0.1) is 0 Å². The van der Waals surface area contributed by atoms with Gasteiger partial charge < -0.3 is 11.1 Å². The molecule has 0 saturated carbocycles. The van der Waals surface area contributed by atoms with Crippen molar-refractivity contribution in [2.24, 2.45) is 11.7 Å². The standard InChI is InChI=1S/C9H20N2OS/c1-7(2)8(10)6-11-9(12)4-5-13-3/h7-8H,4-6,10H2,1-3H3,(H,11,12). The molecule has 3 N–H and O–H groups in total. The first-order valence-corrected chi connectivity index (χ1v) is 5.98. The van der Waals surface area contributed by atoms with Gasteiger partial charge in [0, 0.05) is 24.8 Å². The van der Waals surface area contributed by atoms with E-state index in [9.17, 15) is 4.79 Å². The topological polar surface area (TPSA) is 55.1 Å². The van der Waals surface area contributed by atoms with Crippen molar-refractivity contribution >= 4 is 17.7 Å².